The van der Waals surface area contributed by atoms with Crippen LogP contribution in [0.2, 0.25) is 0 Å². The zero-order valence-corrected chi connectivity index (χ0v) is 12.9. The summed E-state index contributed by atoms with van der Waals surface area (Å²) in [6.07, 6.45) is 5.16. The smallest absolute Gasteiger partial charge is 0.125 e. The molecule has 0 spiro atoms. The van der Waals surface area contributed by atoms with Crippen molar-refractivity contribution >= 4 is 22.6 Å². The second kappa shape index (κ2) is 5.65. The summed E-state index contributed by atoms with van der Waals surface area (Å²) in [4.78, 5) is 4.70. The number of ether oxygens (including phenoxy) is 1. The van der Waals surface area contributed by atoms with Gasteiger partial charge in [-0.1, -0.05) is 19.8 Å². The van der Waals surface area contributed by atoms with Gasteiger partial charge in [0.2, 0.25) is 0 Å². The molecule has 1 fully saturated rings. The quantitative estimate of drug-likeness (QED) is 0.777. The summed E-state index contributed by atoms with van der Waals surface area (Å²) < 4.78 is 7.66. The Bertz CT molecular complexity index is 608. The van der Waals surface area contributed by atoms with Crippen LogP contribution in [0.1, 0.15) is 44.5 Å². The van der Waals surface area contributed by atoms with E-state index in [1.54, 1.807) is 7.11 Å². The molecule has 3 nitrogen and oxygen atoms in total. The maximum absolute atomic E-state index is 6.13. The van der Waals surface area contributed by atoms with Crippen molar-refractivity contribution in [2.24, 2.45) is 5.92 Å². The Morgan fingerprint density at radius 1 is 1.35 bits per heavy atom. The van der Waals surface area contributed by atoms with Crippen LogP contribution in [-0.4, -0.2) is 16.7 Å². The molecule has 0 saturated heterocycles. The topological polar surface area (TPSA) is 27.1 Å². The molecule has 0 bridgehead atoms. The van der Waals surface area contributed by atoms with Crippen LogP contribution in [0.5, 0.6) is 5.75 Å². The second-order valence-corrected chi connectivity index (χ2v) is 5.98. The fourth-order valence-electron chi connectivity index (χ4n) is 3.40. The number of benzene rings is 1. The summed E-state index contributed by atoms with van der Waals surface area (Å²) in [7, 11) is 1.68. The van der Waals surface area contributed by atoms with Gasteiger partial charge in [0.05, 0.1) is 24.0 Å². The fraction of sp³-hybridized carbons (Fsp3) is 0.562. The van der Waals surface area contributed by atoms with E-state index in [2.05, 4.69) is 17.6 Å². The SMILES string of the molecule is COc1ccc2c(c1)nc(CCl)n2C1CCCCC1C. The lowest BCUT2D eigenvalue weighted by molar-refractivity contribution is 0.258. The van der Waals surface area contributed by atoms with E-state index in [-0.39, 0.29) is 0 Å². The number of hydrogen-bond donors (Lipinski definition) is 0. The lowest BCUT2D eigenvalue weighted by Gasteiger charge is -2.31. The Balaban J connectivity index is 2.12. The maximum atomic E-state index is 6.13. The van der Waals surface area contributed by atoms with Gasteiger partial charge in [0.25, 0.3) is 0 Å². The molecule has 108 valence electrons. The summed E-state index contributed by atoms with van der Waals surface area (Å²) in [5.74, 6) is 2.97. The number of imidazole rings is 1. The second-order valence-electron chi connectivity index (χ2n) is 5.72. The lowest BCUT2D eigenvalue weighted by Crippen LogP contribution is -2.22. The van der Waals surface area contributed by atoms with Crippen molar-refractivity contribution in [2.45, 2.75) is 44.5 Å². The van der Waals surface area contributed by atoms with Gasteiger partial charge in [-0.15, -0.1) is 11.6 Å². The standard InChI is InChI=1S/C16H21ClN2O/c1-11-5-3-4-6-14(11)19-15-8-7-12(20-2)9-13(15)18-16(19)10-17/h7-9,11,14H,3-6,10H2,1-2H3. The van der Waals surface area contributed by atoms with Crippen LogP contribution >= 0.6 is 11.6 Å². The van der Waals surface area contributed by atoms with E-state index in [9.17, 15) is 0 Å². The van der Waals surface area contributed by atoms with Gasteiger partial charge < -0.3 is 9.30 Å². The largest absolute Gasteiger partial charge is 0.497 e. The van der Waals surface area contributed by atoms with Gasteiger partial charge >= 0.3 is 0 Å². The minimum atomic E-state index is 0.459. The number of aromatic nitrogens is 2. The van der Waals surface area contributed by atoms with E-state index in [1.165, 1.54) is 31.2 Å². The molecular weight excluding hydrogens is 272 g/mol. The molecule has 4 heteroatoms. The Morgan fingerprint density at radius 3 is 2.85 bits per heavy atom. The van der Waals surface area contributed by atoms with Gasteiger partial charge in [-0.3, -0.25) is 0 Å². The molecule has 0 aliphatic heterocycles. The van der Waals surface area contributed by atoms with Crippen LogP contribution in [0, 0.1) is 5.92 Å². The van der Waals surface area contributed by atoms with Crippen LogP contribution in [0.4, 0.5) is 0 Å². The predicted octanol–water partition coefficient (Wildman–Crippen LogP) is 4.53. The van der Waals surface area contributed by atoms with Crippen molar-refractivity contribution in [1.82, 2.24) is 9.55 Å². The van der Waals surface area contributed by atoms with Crippen LogP contribution in [0.15, 0.2) is 18.2 Å². The van der Waals surface area contributed by atoms with Crippen LogP contribution in [0.25, 0.3) is 11.0 Å². The molecule has 1 aromatic carbocycles. The van der Waals surface area contributed by atoms with Gasteiger partial charge in [-0.05, 0) is 30.9 Å². The molecule has 1 heterocycles. The highest BCUT2D eigenvalue weighted by atomic mass is 35.5. The third kappa shape index (κ3) is 2.28. The molecule has 1 aliphatic carbocycles. The van der Waals surface area contributed by atoms with Gasteiger partial charge in [0.15, 0.2) is 0 Å². The van der Waals surface area contributed by atoms with Gasteiger partial charge in [-0.25, -0.2) is 4.98 Å². The van der Waals surface area contributed by atoms with E-state index in [1.807, 2.05) is 12.1 Å². The number of fused-ring (bicyclic) bond motifs is 1. The number of nitrogens with zero attached hydrogens (tertiary/aromatic N) is 2. The average molecular weight is 293 g/mol. The van der Waals surface area contributed by atoms with Crippen LogP contribution < -0.4 is 4.74 Å². The summed E-state index contributed by atoms with van der Waals surface area (Å²) in [6, 6.07) is 6.64. The number of halogens is 1. The Kier molecular flexibility index (Phi) is 3.88. The molecule has 0 N–H and O–H groups in total. The third-order valence-electron chi connectivity index (χ3n) is 4.49. The van der Waals surface area contributed by atoms with E-state index in [0.29, 0.717) is 17.8 Å². The van der Waals surface area contributed by atoms with Crippen molar-refractivity contribution in [3.05, 3.63) is 24.0 Å². The van der Waals surface area contributed by atoms with Crippen LogP contribution in [-0.2, 0) is 5.88 Å². The van der Waals surface area contributed by atoms with Crippen molar-refractivity contribution in [2.75, 3.05) is 7.11 Å². The highest BCUT2D eigenvalue weighted by Gasteiger charge is 2.26. The summed E-state index contributed by atoms with van der Waals surface area (Å²) >= 11 is 6.13. The van der Waals surface area contributed by atoms with Crippen molar-refractivity contribution in [3.63, 3.8) is 0 Å². The van der Waals surface area contributed by atoms with Crippen molar-refractivity contribution in [1.29, 1.82) is 0 Å². The first-order valence-corrected chi connectivity index (χ1v) is 7.89. The molecule has 0 amide bonds. The number of methoxy groups -OCH3 is 1. The third-order valence-corrected chi connectivity index (χ3v) is 4.73. The van der Waals surface area contributed by atoms with E-state index in [4.69, 9.17) is 21.3 Å². The minimum absolute atomic E-state index is 0.459. The van der Waals surface area contributed by atoms with Gasteiger partial charge in [0, 0.05) is 12.1 Å². The number of rotatable bonds is 3. The number of alkyl halides is 1. The highest BCUT2D eigenvalue weighted by molar-refractivity contribution is 6.16. The normalized spacial score (nSPS) is 23.1. The number of hydrogen-bond acceptors (Lipinski definition) is 2. The monoisotopic (exact) mass is 292 g/mol. The molecule has 1 saturated carbocycles. The average Bonchev–Trinajstić information content (AvgIpc) is 2.85. The Labute approximate surface area is 124 Å². The molecule has 2 atom stereocenters. The molecule has 3 rings (SSSR count). The summed E-state index contributed by atoms with van der Waals surface area (Å²) in [6.45, 7) is 2.34. The molecule has 1 aliphatic rings. The van der Waals surface area contributed by atoms with E-state index in [0.717, 1.165) is 17.1 Å². The zero-order chi connectivity index (χ0) is 14.1. The first kappa shape index (κ1) is 13.7. The molecule has 2 aromatic rings. The lowest BCUT2D eigenvalue weighted by atomic mass is 9.85. The van der Waals surface area contributed by atoms with E-state index < -0.39 is 0 Å². The molecule has 0 radical (unpaired) electrons. The maximum Gasteiger partial charge on any atom is 0.125 e. The first-order chi connectivity index (χ1) is 9.74. The Hall–Kier alpha value is -1.22. The summed E-state index contributed by atoms with van der Waals surface area (Å²) in [5, 5.41) is 0. The van der Waals surface area contributed by atoms with Crippen molar-refractivity contribution in [3.8, 4) is 5.75 Å². The molecule has 2 unspecified atom stereocenters. The van der Waals surface area contributed by atoms with Gasteiger partial charge in [0.1, 0.15) is 11.6 Å². The zero-order valence-electron chi connectivity index (χ0n) is 12.1. The predicted molar refractivity (Wildman–Crippen MR) is 82.5 cm³/mol. The van der Waals surface area contributed by atoms with E-state index >= 15 is 0 Å². The molecule has 20 heavy (non-hydrogen) atoms. The minimum Gasteiger partial charge on any atom is -0.497 e. The van der Waals surface area contributed by atoms with Crippen LogP contribution in [0.3, 0.4) is 0 Å². The first-order valence-electron chi connectivity index (χ1n) is 7.35. The molecular formula is C16H21ClN2O. The Morgan fingerprint density at radius 2 is 2.15 bits per heavy atom. The summed E-state index contributed by atoms with van der Waals surface area (Å²) in [5.41, 5.74) is 2.16. The molecule has 1 aromatic heterocycles. The fourth-order valence-corrected chi connectivity index (χ4v) is 3.59. The van der Waals surface area contributed by atoms with Crippen molar-refractivity contribution < 1.29 is 4.74 Å². The highest BCUT2D eigenvalue weighted by Crippen LogP contribution is 2.37. The van der Waals surface area contributed by atoms with Gasteiger partial charge in [-0.2, -0.15) is 0 Å².